The summed E-state index contributed by atoms with van der Waals surface area (Å²) < 4.78 is 5.48. The number of nitrogen functional groups attached to an aromatic ring is 1. The minimum absolute atomic E-state index is 0.0563. The lowest BCUT2D eigenvalue weighted by molar-refractivity contribution is 0.101. The molecule has 1 aromatic rings. The van der Waals surface area contributed by atoms with Crippen molar-refractivity contribution in [3.05, 3.63) is 23.8 Å². The quantitative estimate of drug-likeness (QED) is 0.356. The van der Waals surface area contributed by atoms with E-state index in [1.807, 2.05) is 0 Å². The van der Waals surface area contributed by atoms with Crippen LogP contribution in [0.4, 0.5) is 5.69 Å². The van der Waals surface area contributed by atoms with Crippen LogP contribution < -0.4 is 10.5 Å². The normalized spacial score (nSPS) is 9.50. The van der Waals surface area contributed by atoms with Crippen molar-refractivity contribution in [1.82, 2.24) is 0 Å². The molecule has 0 aliphatic rings. The number of Topliss-reactive ketones (excluding diaryl/α,β-unsaturated/α-hetero) is 1. The maximum Gasteiger partial charge on any atom is 0.163 e. The van der Waals surface area contributed by atoms with Crippen LogP contribution in [0.2, 0.25) is 0 Å². The molecule has 3 nitrogen and oxygen atoms in total. The molecule has 2 N–H and O–H groups in total. The lowest BCUT2D eigenvalue weighted by atomic mass is 10.1. The number of ether oxygens (including phenoxy) is 1. The summed E-state index contributed by atoms with van der Waals surface area (Å²) in [5.41, 5.74) is 6.68. The number of ketones is 1. The van der Waals surface area contributed by atoms with Crippen molar-refractivity contribution in [2.24, 2.45) is 0 Å². The molecule has 0 bridgehead atoms. The summed E-state index contributed by atoms with van der Waals surface area (Å²) in [4.78, 5) is 11.3. The third-order valence-electron chi connectivity index (χ3n) is 2.11. The molecule has 3 heteroatoms. The van der Waals surface area contributed by atoms with Crippen LogP contribution in [0.25, 0.3) is 0 Å². The minimum atomic E-state index is -0.0563. The monoisotopic (exact) mass is 217 g/mol. The Balaban J connectivity index is 2.72. The summed E-state index contributed by atoms with van der Waals surface area (Å²) in [6.45, 7) is 2.00. The van der Waals surface area contributed by atoms with Gasteiger partial charge >= 0.3 is 0 Å². The first kappa shape index (κ1) is 12.1. The molecule has 0 aromatic heterocycles. The molecule has 1 rings (SSSR count). The highest BCUT2D eigenvalue weighted by Gasteiger charge is 2.08. The van der Waals surface area contributed by atoms with Crippen LogP contribution in [0.3, 0.4) is 0 Å². The fourth-order valence-electron chi connectivity index (χ4n) is 1.30. The molecule has 0 heterocycles. The fourth-order valence-corrected chi connectivity index (χ4v) is 1.30. The predicted octanol–water partition coefficient (Wildman–Crippen LogP) is 2.26. The number of terminal acetylenes is 1. The predicted molar refractivity (Wildman–Crippen MR) is 64.4 cm³/mol. The van der Waals surface area contributed by atoms with Crippen LogP contribution in [0.1, 0.15) is 30.1 Å². The molecule has 0 fully saturated rings. The summed E-state index contributed by atoms with van der Waals surface area (Å²) in [6, 6.07) is 5.05. The van der Waals surface area contributed by atoms with Crippen LogP contribution in [0.15, 0.2) is 18.2 Å². The van der Waals surface area contributed by atoms with E-state index < -0.39 is 0 Å². The van der Waals surface area contributed by atoms with Gasteiger partial charge in [0.25, 0.3) is 0 Å². The highest BCUT2D eigenvalue weighted by molar-refractivity contribution is 5.97. The number of anilines is 1. The number of benzene rings is 1. The van der Waals surface area contributed by atoms with Gasteiger partial charge in [-0.15, -0.1) is 12.3 Å². The maximum absolute atomic E-state index is 11.3. The van der Waals surface area contributed by atoms with Gasteiger partial charge in [-0.3, -0.25) is 4.79 Å². The molecule has 0 amide bonds. The molecular formula is C13H15NO2. The largest absolute Gasteiger partial charge is 0.493 e. The molecule has 84 valence electrons. The Morgan fingerprint density at radius 1 is 1.56 bits per heavy atom. The average molecular weight is 217 g/mol. The molecule has 0 atom stereocenters. The summed E-state index contributed by atoms with van der Waals surface area (Å²) in [5.74, 6) is 3.05. The summed E-state index contributed by atoms with van der Waals surface area (Å²) in [5, 5.41) is 0. The van der Waals surface area contributed by atoms with Crippen LogP contribution in [0, 0.1) is 12.3 Å². The summed E-state index contributed by atoms with van der Waals surface area (Å²) in [7, 11) is 0. The molecule has 0 saturated carbocycles. The zero-order valence-corrected chi connectivity index (χ0v) is 9.32. The Morgan fingerprint density at radius 3 is 2.94 bits per heavy atom. The van der Waals surface area contributed by atoms with Crippen molar-refractivity contribution in [3.63, 3.8) is 0 Å². The Bertz CT molecular complexity index is 418. The zero-order valence-electron chi connectivity index (χ0n) is 9.32. The van der Waals surface area contributed by atoms with Crippen LogP contribution in [-0.4, -0.2) is 12.4 Å². The van der Waals surface area contributed by atoms with E-state index in [1.165, 1.54) is 6.92 Å². The average Bonchev–Trinajstić information content (AvgIpc) is 2.26. The van der Waals surface area contributed by atoms with E-state index in [1.54, 1.807) is 18.2 Å². The van der Waals surface area contributed by atoms with E-state index in [4.69, 9.17) is 16.9 Å². The van der Waals surface area contributed by atoms with Gasteiger partial charge < -0.3 is 10.5 Å². The fraction of sp³-hybridized carbons (Fsp3) is 0.308. The minimum Gasteiger partial charge on any atom is -0.493 e. The third kappa shape index (κ3) is 3.32. The summed E-state index contributed by atoms with van der Waals surface area (Å²) >= 11 is 0. The number of carbonyl (C=O) groups is 1. The Morgan fingerprint density at radius 2 is 2.31 bits per heavy atom. The van der Waals surface area contributed by atoms with Gasteiger partial charge in [0, 0.05) is 12.1 Å². The second-order valence-corrected chi connectivity index (χ2v) is 3.47. The van der Waals surface area contributed by atoms with Crippen LogP contribution >= 0.6 is 0 Å². The van der Waals surface area contributed by atoms with Crippen molar-refractivity contribution in [2.75, 3.05) is 12.3 Å². The topological polar surface area (TPSA) is 52.3 Å². The van der Waals surface area contributed by atoms with E-state index in [0.717, 1.165) is 6.42 Å². The van der Waals surface area contributed by atoms with Gasteiger partial charge in [0.1, 0.15) is 5.75 Å². The first-order chi connectivity index (χ1) is 7.65. The second-order valence-electron chi connectivity index (χ2n) is 3.47. The Hall–Kier alpha value is -1.95. The highest BCUT2D eigenvalue weighted by atomic mass is 16.5. The van der Waals surface area contributed by atoms with E-state index in [9.17, 15) is 4.79 Å². The lowest BCUT2D eigenvalue weighted by Gasteiger charge is -2.09. The van der Waals surface area contributed by atoms with Crippen molar-refractivity contribution < 1.29 is 9.53 Å². The van der Waals surface area contributed by atoms with Gasteiger partial charge in [-0.1, -0.05) is 0 Å². The smallest absolute Gasteiger partial charge is 0.163 e. The van der Waals surface area contributed by atoms with E-state index in [-0.39, 0.29) is 5.78 Å². The third-order valence-corrected chi connectivity index (χ3v) is 2.11. The lowest BCUT2D eigenvalue weighted by Crippen LogP contribution is -2.03. The molecule has 0 radical (unpaired) electrons. The van der Waals surface area contributed by atoms with Crippen molar-refractivity contribution >= 4 is 11.5 Å². The van der Waals surface area contributed by atoms with Crippen molar-refractivity contribution in [2.45, 2.75) is 19.8 Å². The van der Waals surface area contributed by atoms with Gasteiger partial charge in [0.05, 0.1) is 12.2 Å². The van der Waals surface area contributed by atoms with Gasteiger partial charge in [0.15, 0.2) is 5.78 Å². The number of rotatable bonds is 5. The molecule has 0 aliphatic carbocycles. The number of unbranched alkanes of at least 4 members (excludes halogenated alkanes) is 1. The van der Waals surface area contributed by atoms with Gasteiger partial charge in [-0.05, 0) is 31.5 Å². The molecule has 0 spiro atoms. The zero-order chi connectivity index (χ0) is 12.0. The first-order valence-electron chi connectivity index (χ1n) is 5.12. The Labute approximate surface area is 95.6 Å². The Kier molecular flexibility index (Phi) is 4.41. The SMILES string of the molecule is C#CCCCOc1ccc(N)cc1C(C)=O. The molecule has 0 saturated heterocycles. The van der Waals surface area contributed by atoms with Gasteiger partial charge in [0.2, 0.25) is 0 Å². The van der Waals surface area contributed by atoms with E-state index >= 15 is 0 Å². The summed E-state index contributed by atoms with van der Waals surface area (Å²) in [6.07, 6.45) is 6.58. The first-order valence-corrected chi connectivity index (χ1v) is 5.12. The van der Waals surface area contributed by atoms with E-state index in [2.05, 4.69) is 5.92 Å². The molecule has 1 aromatic carbocycles. The second kappa shape index (κ2) is 5.82. The number of nitrogens with two attached hydrogens (primary N) is 1. The van der Waals surface area contributed by atoms with E-state index in [0.29, 0.717) is 30.0 Å². The maximum atomic E-state index is 11.3. The van der Waals surface area contributed by atoms with Gasteiger partial charge in [-0.25, -0.2) is 0 Å². The molecule has 0 aliphatic heterocycles. The number of hydrogen-bond donors (Lipinski definition) is 1. The van der Waals surface area contributed by atoms with Gasteiger partial charge in [-0.2, -0.15) is 0 Å². The standard InChI is InChI=1S/C13H15NO2/c1-3-4-5-8-16-13-7-6-11(14)9-12(13)10(2)15/h1,6-7,9H,4-5,8,14H2,2H3. The van der Waals surface area contributed by atoms with Crippen LogP contribution in [-0.2, 0) is 0 Å². The number of hydrogen-bond acceptors (Lipinski definition) is 3. The number of carbonyl (C=O) groups excluding carboxylic acids is 1. The highest BCUT2D eigenvalue weighted by Crippen LogP contribution is 2.22. The van der Waals surface area contributed by atoms with Crippen molar-refractivity contribution in [1.29, 1.82) is 0 Å². The van der Waals surface area contributed by atoms with Crippen LogP contribution in [0.5, 0.6) is 5.75 Å². The van der Waals surface area contributed by atoms with Crippen molar-refractivity contribution in [3.8, 4) is 18.1 Å². The molecule has 16 heavy (non-hydrogen) atoms. The molecule has 0 unspecified atom stereocenters. The molecular weight excluding hydrogens is 202 g/mol.